The van der Waals surface area contributed by atoms with E-state index in [0.29, 0.717) is 12.6 Å². The molecule has 1 fully saturated rings. The summed E-state index contributed by atoms with van der Waals surface area (Å²) in [6, 6.07) is 7.67. The van der Waals surface area contributed by atoms with Crippen LogP contribution in [0.1, 0.15) is 52.4 Å². The molecule has 5 heteroatoms. The summed E-state index contributed by atoms with van der Waals surface area (Å²) in [6.45, 7) is 4.38. The van der Waals surface area contributed by atoms with Gasteiger partial charge in [-0.2, -0.15) is 0 Å². The molecule has 0 aliphatic heterocycles. The van der Waals surface area contributed by atoms with Crippen molar-refractivity contribution in [3.63, 3.8) is 0 Å². The molecule has 0 atom stereocenters. The summed E-state index contributed by atoms with van der Waals surface area (Å²) >= 11 is 0. The fourth-order valence-corrected chi connectivity index (χ4v) is 3.06. The minimum absolute atomic E-state index is 0. The molecule has 0 bridgehead atoms. The second-order valence-electron chi connectivity index (χ2n) is 6.20. The summed E-state index contributed by atoms with van der Waals surface area (Å²) in [5, 5.41) is 3.00. The summed E-state index contributed by atoms with van der Waals surface area (Å²) in [4.78, 5) is 12.6. The molecule has 1 aromatic rings. The van der Waals surface area contributed by atoms with Crippen LogP contribution in [-0.2, 0) is 4.79 Å². The average Bonchev–Trinajstić information content (AvgIpc) is 3.03. The van der Waals surface area contributed by atoms with Crippen LogP contribution in [0.25, 0.3) is 0 Å². The third-order valence-corrected chi connectivity index (χ3v) is 4.92. The van der Waals surface area contributed by atoms with Gasteiger partial charge in [-0.1, -0.05) is 19.9 Å². The lowest BCUT2D eigenvalue weighted by Crippen LogP contribution is -2.41. The maximum Gasteiger partial charge on any atom is 0.231 e. The molecule has 1 saturated carbocycles. The zero-order valence-corrected chi connectivity index (χ0v) is 15.0. The van der Waals surface area contributed by atoms with Crippen LogP contribution in [0.3, 0.4) is 0 Å². The van der Waals surface area contributed by atoms with Crippen LogP contribution in [0.15, 0.2) is 24.3 Å². The van der Waals surface area contributed by atoms with Crippen molar-refractivity contribution >= 4 is 24.0 Å². The fraction of sp³-hybridized carbons (Fsp3) is 0.611. The number of halogens is 1. The van der Waals surface area contributed by atoms with Crippen molar-refractivity contribution in [3.05, 3.63) is 24.3 Å². The minimum Gasteiger partial charge on any atom is -0.490 e. The lowest BCUT2D eigenvalue weighted by atomic mass is 9.81. The number of carbonyl (C=O) groups is 1. The predicted molar refractivity (Wildman–Crippen MR) is 97.3 cm³/mol. The molecule has 0 radical (unpaired) electrons. The quantitative estimate of drug-likeness (QED) is 0.784. The van der Waals surface area contributed by atoms with Gasteiger partial charge in [0.05, 0.1) is 11.5 Å². The van der Waals surface area contributed by atoms with Gasteiger partial charge in [0.2, 0.25) is 5.91 Å². The van der Waals surface area contributed by atoms with E-state index in [4.69, 9.17) is 10.5 Å². The van der Waals surface area contributed by atoms with E-state index in [0.717, 1.165) is 37.1 Å². The van der Waals surface area contributed by atoms with Crippen molar-refractivity contribution in [2.75, 3.05) is 11.9 Å². The van der Waals surface area contributed by atoms with Gasteiger partial charge >= 0.3 is 0 Å². The molecule has 2 rings (SSSR count). The molecule has 0 aromatic heterocycles. The van der Waals surface area contributed by atoms with E-state index in [1.807, 2.05) is 38.1 Å². The van der Waals surface area contributed by atoms with Gasteiger partial charge in [0.15, 0.2) is 0 Å². The van der Waals surface area contributed by atoms with E-state index in [1.54, 1.807) is 0 Å². The van der Waals surface area contributed by atoms with Gasteiger partial charge in [-0.3, -0.25) is 4.79 Å². The van der Waals surface area contributed by atoms with Crippen LogP contribution < -0.4 is 15.8 Å². The standard InChI is InChI=1S/C18H28N2O2.ClH/c1-3-18(4-2,13-19)17(21)20-14-8-7-11-16(12-14)22-15-9-5-6-10-15;/h7-8,11-12,15H,3-6,9-10,13,19H2,1-2H3,(H,20,21);1H. The SMILES string of the molecule is CCC(CC)(CN)C(=O)Nc1cccc(OC2CCCC2)c1.Cl. The van der Waals surface area contributed by atoms with Crippen molar-refractivity contribution in [2.45, 2.75) is 58.5 Å². The first-order valence-corrected chi connectivity index (χ1v) is 8.41. The highest BCUT2D eigenvalue weighted by Gasteiger charge is 2.33. The zero-order chi connectivity index (χ0) is 16.0. The highest BCUT2D eigenvalue weighted by atomic mass is 35.5. The summed E-state index contributed by atoms with van der Waals surface area (Å²) in [5.41, 5.74) is 6.13. The Hall–Kier alpha value is -1.26. The number of hydrogen-bond acceptors (Lipinski definition) is 3. The number of anilines is 1. The minimum atomic E-state index is -0.484. The molecular weight excluding hydrogens is 312 g/mol. The van der Waals surface area contributed by atoms with Crippen molar-refractivity contribution < 1.29 is 9.53 Å². The first-order chi connectivity index (χ1) is 10.6. The second-order valence-corrected chi connectivity index (χ2v) is 6.20. The summed E-state index contributed by atoms with van der Waals surface area (Å²) in [6.07, 6.45) is 6.53. The fourth-order valence-electron chi connectivity index (χ4n) is 3.06. The lowest BCUT2D eigenvalue weighted by Gasteiger charge is -2.28. The van der Waals surface area contributed by atoms with Gasteiger partial charge in [-0.25, -0.2) is 0 Å². The molecule has 23 heavy (non-hydrogen) atoms. The Morgan fingerprint density at radius 2 is 1.96 bits per heavy atom. The Balaban J connectivity index is 0.00000264. The molecule has 0 saturated heterocycles. The second kappa shape index (κ2) is 9.14. The summed E-state index contributed by atoms with van der Waals surface area (Å²) in [7, 11) is 0. The van der Waals surface area contributed by atoms with Crippen LogP contribution >= 0.6 is 12.4 Å². The van der Waals surface area contributed by atoms with Crippen molar-refractivity contribution in [3.8, 4) is 5.75 Å². The van der Waals surface area contributed by atoms with E-state index in [2.05, 4.69) is 5.32 Å². The van der Waals surface area contributed by atoms with Crippen LogP contribution in [0.4, 0.5) is 5.69 Å². The van der Waals surface area contributed by atoms with E-state index in [-0.39, 0.29) is 18.3 Å². The first-order valence-electron chi connectivity index (χ1n) is 8.41. The Labute approximate surface area is 145 Å². The monoisotopic (exact) mass is 340 g/mol. The first kappa shape index (κ1) is 19.8. The Kier molecular flexibility index (Phi) is 7.86. The smallest absolute Gasteiger partial charge is 0.231 e. The third-order valence-electron chi connectivity index (χ3n) is 4.92. The number of ether oxygens (including phenoxy) is 1. The van der Waals surface area contributed by atoms with Gasteiger partial charge < -0.3 is 15.8 Å². The van der Waals surface area contributed by atoms with Gasteiger partial charge in [0.25, 0.3) is 0 Å². The van der Waals surface area contributed by atoms with Gasteiger partial charge in [0, 0.05) is 18.3 Å². The van der Waals surface area contributed by atoms with Crippen LogP contribution in [0.2, 0.25) is 0 Å². The molecule has 0 spiro atoms. The topological polar surface area (TPSA) is 64.4 Å². The summed E-state index contributed by atoms with van der Waals surface area (Å²) in [5.74, 6) is 0.828. The average molecular weight is 341 g/mol. The van der Waals surface area contributed by atoms with Crippen molar-refractivity contribution in [1.82, 2.24) is 0 Å². The number of hydrogen-bond donors (Lipinski definition) is 2. The van der Waals surface area contributed by atoms with E-state index in [1.165, 1.54) is 12.8 Å². The highest BCUT2D eigenvalue weighted by Crippen LogP contribution is 2.29. The van der Waals surface area contributed by atoms with E-state index < -0.39 is 5.41 Å². The highest BCUT2D eigenvalue weighted by molar-refractivity contribution is 5.95. The number of nitrogens with one attached hydrogen (secondary N) is 1. The van der Waals surface area contributed by atoms with Crippen LogP contribution in [0.5, 0.6) is 5.75 Å². The number of amides is 1. The largest absolute Gasteiger partial charge is 0.490 e. The molecule has 1 aliphatic carbocycles. The number of carbonyl (C=O) groups excluding carboxylic acids is 1. The summed E-state index contributed by atoms with van der Waals surface area (Å²) < 4.78 is 5.99. The normalized spacial score (nSPS) is 15.1. The van der Waals surface area contributed by atoms with E-state index >= 15 is 0 Å². The molecule has 1 aliphatic rings. The molecule has 1 aromatic carbocycles. The Morgan fingerprint density at radius 3 is 2.52 bits per heavy atom. The number of benzene rings is 1. The molecule has 0 unspecified atom stereocenters. The molecule has 3 N–H and O–H groups in total. The van der Waals surface area contributed by atoms with Gasteiger partial charge in [-0.15, -0.1) is 12.4 Å². The molecule has 130 valence electrons. The Morgan fingerprint density at radius 1 is 1.30 bits per heavy atom. The maximum absolute atomic E-state index is 12.6. The van der Waals surface area contributed by atoms with Crippen LogP contribution in [0, 0.1) is 5.41 Å². The maximum atomic E-state index is 12.6. The van der Waals surface area contributed by atoms with Gasteiger partial charge in [0.1, 0.15) is 5.75 Å². The van der Waals surface area contributed by atoms with Gasteiger partial charge in [-0.05, 0) is 50.7 Å². The zero-order valence-electron chi connectivity index (χ0n) is 14.1. The lowest BCUT2D eigenvalue weighted by molar-refractivity contribution is -0.125. The molecule has 1 amide bonds. The predicted octanol–water partition coefficient (Wildman–Crippen LogP) is 4.13. The van der Waals surface area contributed by atoms with Crippen molar-refractivity contribution in [1.29, 1.82) is 0 Å². The van der Waals surface area contributed by atoms with Crippen LogP contribution in [-0.4, -0.2) is 18.6 Å². The number of nitrogens with two attached hydrogens (primary N) is 1. The third kappa shape index (κ3) is 4.85. The Bertz CT molecular complexity index is 489. The molecule has 4 nitrogen and oxygen atoms in total. The van der Waals surface area contributed by atoms with E-state index in [9.17, 15) is 4.79 Å². The molecular formula is C18H29ClN2O2. The van der Waals surface area contributed by atoms with Crippen molar-refractivity contribution in [2.24, 2.45) is 11.1 Å². The number of rotatable bonds is 7. The molecule has 0 heterocycles.